The smallest absolute Gasteiger partial charge is 0.407 e. The Morgan fingerprint density at radius 1 is 1.43 bits per heavy atom. The average molecular weight is 203 g/mol. The van der Waals surface area contributed by atoms with Crippen molar-refractivity contribution in [1.29, 1.82) is 0 Å². The SMILES string of the molecule is C=C.CC(C)(C)OC(=O)NCCCO. The van der Waals surface area contributed by atoms with Gasteiger partial charge in [-0.05, 0) is 27.2 Å². The van der Waals surface area contributed by atoms with Crippen LogP contribution in [0.3, 0.4) is 0 Å². The lowest BCUT2D eigenvalue weighted by atomic mass is 10.2. The van der Waals surface area contributed by atoms with Crippen LogP contribution in [0.25, 0.3) is 0 Å². The fourth-order valence-electron chi connectivity index (χ4n) is 0.584. The van der Waals surface area contributed by atoms with Gasteiger partial charge in [0, 0.05) is 13.2 Å². The predicted molar refractivity (Wildman–Crippen MR) is 57.2 cm³/mol. The fourth-order valence-corrected chi connectivity index (χ4v) is 0.584. The Morgan fingerprint density at radius 2 is 1.93 bits per heavy atom. The molecular formula is C10H21NO3. The molecule has 0 fully saturated rings. The Kier molecular flexibility index (Phi) is 9.45. The summed E-state index contributed by atoms with van der Waals surface area (Å²) in [5.41, 5.74) is -0.455. The van der Waals surface area contributed by atoms with Crippen LogP contribution >= 0.6 is 0 Å². The molecule has 0 saturated carbocycles. The largest absolute Gasteiger partial charge is 0.444 e. The zero-order valence-electron chi connectivity index (χ0n) is 9.30. The van der Waals surface area contributed by atoms with Crippen molar-refractivity contribution in [2.45, 2.75) is 32.8 Å². The van der Waals surface area contributed by atoms with Gasteiger partial charge in [-0.2, -0.15) is 0 Å². The van der Waals surface area contributed by atoms with Crippen LogP contribution in [0.2, 0.25) is 0 Å². The predicted octanol–water partition coefficient (Wildman–Crippen LogP) is 1.70. The Labute approximate surface area is 86.0 Å². The molecule has 14 heavy (non-hydrogen) atoms. The molecule has 0 unspecified atom stereocenters. The Balaban J connectivity index is 0. The first-order valence-corrected chi connectivity index (χ1v) is 4.53. The van der Waals surface area contributed by atoms with E-state index in [-0.39, 0.29) is 6.61 Å². The van der Waals surface area contributed by atoms with E-state index in [4.69, 9.17) is 9.84 Å². The molecule has 0 bridgehead atoms. The third kappa shape index (κ3) is 13.6. The van der Waals surface area contributed by atoms with Crippen molar-refractivity contribution in [3.05, 3.63) is 13.2 Å². The van der Waals surface area contributed by atoms with Gasteiger partial charge in [-0.15, -0.1) is 13.2 Å². The van der Waals surface area contributed by atoms with Crippen LogP contribution in [0.5, 0.6) is 0 Å². The molecule has 4 heteroatoms. The quantitative estimate of drug-likeness (QED) is 0.542. The number of hydrogen-bond acceptors (Lipinski definition) is 3. The van der Waals surface area contributed by atoms with E-state index in [1.165, 1.54) is 0 Å². The van der Waals surface area contributed by atoms with E-state index in [0.717, 1.165) is 0 Å². The molecule has 0 aromatic rings. The van der Waals surface area contributed by atoms with Gasteiger partial charge in [-0.3, -0.25) is 0 Å². The van der Waals surface area contributed by atoms with Gasteiger partial charge in [-0.1, -0.05) is 0 Å². The molecule has 0 aliphatic heterocycles. The van der Waals surface area contributed by atoms with E-state index < -0.39 is 11.7 Å². The highest BCUT2D eigenvalue weighted by Gasteiger charge is 2.14. The lowest BCUT2D eigenvalue weighted by molar-refractivity contribution is 0.0525. The van der Waals surface area contributed by atoms with Gasteiger partial charge in [-0.25, -0.2) is 4.79 Å². The number of carbonyl (C=O) groups is 1. The number of ether oxygens (including phenoxy) is 1. The highest BCUT2D eigenvalue weighted by molar-refractivity contribution is 5.67. The van der Waals surface area contributed by atoms with E-state index in [2.05, 4.69) is 18.5 Å². The number of hydrogen-bond donors (Lipinski definition) is 2. The fraction of sp³-hybridized carbons (Fsp3) is 0.700. The molecule has 2 N–H and O–H groups in total. The molecule has 0 aromatic heterocycles. The Morgan fingerprint density at radius 3 is 2.29 bits per heavy atom. The van der Waals surface area contributed by atoms with E-state index in [1.54, 1.807) is 20.8 Å². The first kappa shape index (κ1) is 15.4. The lowest BCUT2D eigenvalue weighted by Gasteiger charge is -2.19. The summed E-state index contributed by atoms with van der Waals surface area (Å²) in [5.74, 6) is 0. The summed E-state index contributed by atoms with van der Waals surface area (Å²) in [6, 6.07) is 0. The normalized spacial score (nSPS) is 9.71. The topological polar surface area (TPSA) is 58.6 Å². The molecule has 0 aliphatic rings. The van der Waals surface area contributed by atoms with E-state index in [0.29, 0.717) is 13.0 Å². The summed E-state index contributed by atoms with van der Waals surface area (Å²) in [4.78, 5) is 10.9. The second-order valence-corrected chi connectivity index (χ2v) is 3.51. The number of alkyl carbamates (subject to hydrolysis) is 1. The van der Waals surface area contributed by atoms with Gasteiger partial charge >= 0.3 is 6.09 Å². The first-order chi connectivity index (χ1) is 6.45. The summed E-state index contributed by atoms with van der Waals surface area (Å²) in [5, 5.41) is 10.9. The van der Waals surface area contributed by atoms with Crippen LogP contribution in [0.15, 0.2) is 13.2 Å². The van der Waals surface area contributed by atoms with Gasteiger partial charge in [0.1, 0.15) is 5.60 Å². The third-order valence-electron chi connectivity index (χ3n) is 1.00. The van der Waals surface area contributed by atoms with Crippen molar-refractivity contribution in [2.75, 3.05) is 13.2 Å². The number of aliphatic hydroxyl groups is 1. The molecule has 1 amide bonds. The summed E-state index contributed by atoms with van der Waals surface area (Å²) < 4.78 is 4.95. The van der Waals surface area contributed by atoms with Crippen molar-refractivity contribution in [1.82, 2.24) is 5.32 Å². The van der Waals surface area contributed by atoms with E-state index in [1.807, 2.05) is 0 Å². The van der Waals surface area contributed by atoms with Crippen LogP contribution < -0.4 is 5.32 Å². The van der Waals surface area contributed by atoms with Crippen LogP contribution in [0.1, 0.15) is 27.2 Å². The summed E-state index contributed by atoms with van der Waals surface area (Å²) >= 11 is 0. The third-order valence-corrected chi connectivity index (χ3v) is 1.00. The Bertz CT molecular complexity index is 152. The van der Waals surface area contributed by atoms with Crippen LogP contribution in [0, 0.1) is 0 Å². The molecule has 0 saturated heterocycles. The minimum Gasteiger partial charge on any atom is -0.444 e. The average Bonchev–Trinajstić information content (AvgIpc) is 2.05. The number of rotatable bonds is 3. The van der Waals surface area contributed by atoms with Crippen molar-refractivity contribution in [3.63, 3.8) is 0 Å². The van der Waals surface area contributed by atoms with Crippen LogP contribution in [0.4, 0.5) is 4.79 Å². The number of aliphatic hydroxyl groups excluding tert-OH is 1. The molecular weight excluding hydrogens is 182 g/mol. The molecule has 0 heterocycles. The maximum absolute atomic E-state index is 10.9. The first-order valence-electron chi connectivity index (χ1n) is 4.53. The zero-order valence-corrected chi connectivity index (χ0v) is 9.30. The molecule has 0 spiro atoms. The van der Waals surface area contributed by atoms with E-state index >= 15 is 0 Å². The van der Waals surface area contributed by atoms with Crippen molar-refractivity contribution < 1.29 is 14.6 Å². The maximum atomic E-state index is 10.9. The standard InChI is InChI=1S/C8H17NO3.C2H4/c1-8(2,3)12-7(11)9-5-4-6-10;1-2/h10H,4-6H2,1-3H3,(H,9,11);1-2H2. The molecule has 84 valence electrons. The molecule has 0 aliphatic carbocycles. The number of amides is 1. The molecule has 0 aromatic carbocycles. The van der Waals surface area contributed by atoms with Gasteiger partial charge in [0.05, 0.1) is 0 Å². The highest BCUT2D eigenvalue weighted by atomic mass is 16.6. The monoisotopic (exact) mass is 203 g/mol. The molecule has 0 atom stereocenters. The minimum absolute atomic E-state index is 0.0792. The molecule has 0 radical (unpaired) electrons. The second-order valence-electron chi connectivity index (χ2n) is 3.51. The van der Waals surface area contributed by atoms with Crippen molar-refractivity contribution >= 4 is 6.09 Å². The zero-order chi connectivity index (χ0) is 11.6. The van der Waals surface area contributed by atoms with Gasteiger partial charge in [0.15, 0.2) is 0 Å². The van der Waals surface area contributed by atoms with Gasteiger partial charge in [0.25, 0.3) is 0 Å². The molecule has 4 nitrogen and oxygen atoms in total. The van der Waals surface area contributed by atoms with Crippen LogP contribution in [-0.4, -0.2) is 30.0 Å². The van der Waals surface area contributed by atoms with Crippen LogP contribution in [-0.2, 0) is 4.74 Å². The Hall–Kier alpha value is -1.03. The summed E-state index contributed by atoms with van der Waals surface area (Å²) in [6.45, 7) is 11.9. The number of nitrogens with one attached hydrogen (secondary N) is 1. The maximum Gasteiger partial charge on any atom is 0.407 e. The summed E-state index contributed by atoms with van der Waals surface area (Å²) in [6.07, 6.45) is 0.120. The summed E-state index contributed by atoms with van der Waals surface area (Å²) in [7, 11) is 0. The van der Waals surface area contributed by atoms with Gasteiger partial charge in [0.2, 0.25) is 0 Å². The number of carbonyl (C=O) groups excluding carboxylic acids is 1. The highest BCUT2D eigenvalue weighted by Crippen LogP contribution is 2.05. The van der Waals surface area contributed by atoms with Gasteiger partial charge < -0.3 is 15.2 Å². The van der Waals surface area contributed by atoms with Crippen molar-refractivity contribution in [3.8, 4) is 0 Å². The van der Waals surface area contributed by atoms with Crippen molar-refractivity contribution in [2.24, 2.45) is 0 Å². The second kappa shape index (κ2) is 8.56. The molecule has 0 rings (SSSR count). The minimum atomic E-state index is -0.455. The lowest BCUT2D eigenvalue weighted by Crippen LogP contribution is -2.33. The van der Waals surface area contributed by atoms with E-state index in [9.17, 15) is 4.79 Å².